The molecular formula is C11H17N3O. The molecule has 1 aliphatic rings. The SMILES string of the molecule is NOC1CCCN(Cc2ccccn2)C1. The van der Waals surface area contributed by atoms with Gasteiger partial charge in [0.05, 0.1) is 11.8 Å². The van der Waals surface area contributed by atoms with Crippen LogP contribution in [0.15, 0.2) is 24.4 Å². The fourth-order valence-corrected chi connectivity index (χ4v) is 1.99. The van der Waals surface area contributed by atoms with Crippen LogP contribution in [0.3, 0.4) is 0 Å². The summed E-state index contributed by atoms with van der Waals surface area (Å²) in [6, 6.07) is 6.00. The minimum absolute atomic E-state index is 0.183. The summed E-state index contributed by atoms with van der Waals surface area (Å²) >= 11 is 0. The second kappa shape index (κ2) is 5.21. The van der Waals surface area contributed by atoms with Gasteiger partial charge in [-0.2, -0.15) is 0 Å². The zero-order valence-electron chi connectivity index (χ0n) is 8.80. The Morgan fingerprint density at radius 3 is 3.20 bits per heavy atom. The molecule has 2 rings (SSSR count). The van der Waals surface area contributed by atoms with Crippen molar-refractivity contribution in [2.45, 2.75) is 25.5 Å². The number of hydrogen-bond acceptors (Lipinski definition) is 4. The molecule has 0 saturated carbocycles. The van der Waals surface area contributed by atoms with E-state index in [0.29, 0.717) is 0 Å². The Morgan fingerprint density at radius 2 is 2.47 bits per heavy atom. The Morgan fingerprint density at radius 1 is 1.53 bits per heavy atom. The lowest BCUT2D eigenvalue weighted by atomic mass is 10.1. The van der Waals surface area contributed by atoms with E-state index in [1.807, 2.05) is 24.4 Å². The molecule has 1 fully saturated rings. The van der Waals surface area contributed by atoms with E-state index in [4.69, 9.17) is 10.7 Å². The normalized spacial score (nSPS) is 22.9. The molecule has 0 radical (unpaired) electrons. The second-order valence-electron chi connectivity index (χ2n) is 3.96. The number of nitrogens with two attached hydrogens (primary N) is 1. The predicted octanol–water partition coefficient (Wildman–Crippen LogP) is 0.936. The van der Waals surface area contributed by atoms with Gasteiger partial charge in [-0.25, -0.2) is 5.90 Å². The molecule has 15 heavy (non-hydrogen) atoms. The van der Waals surface area contributed by atoms with Gasteiger partial charge in [0.1, 0.15) is 0 Å². The Hall–Kier alpha value is -0.970. The molecule has 82 valence electrons. The zero-order valence-corrected chi connectivity index (χ0v) is 8.80. The van der Waals surface area contributed by atoms with Crippen LogP contribution in [0.5, 0.6) is 0 Å². The summed E-state index contributed by atoms with van der Waals surface area (Å²) < 4.78 is 0. The second-order valence-corrected chi connectivity index (χ2v) is 3.96. The Kier molecular flexibility index (Phi) is 3.66. The van der Waals surface area contributed by atoms with E-state index in [1.54, 1.807) is 0 Å². The van der Waals surface area contributed by atoms with Crippen LogP contribution < -0.4 is 5.90 Å². The number of aromatic nitrogens is 1. The maximum absolute atomic E-state index is 5.22. The van der Waals surface area contributed by atoms with Crippen LogP contribution in [0.25, 0.3) is 0 Å². The van der Waals surface area contributed by atoms with Gasteiger partial charge in [0.25, 0.3) is 0 Å². The molecule has 0 bridgehead atoms. The molecule has 0 aromatic carbocycles. The predicted molar refractivity (Wildman–Crippen MR) is 57.8 cm³/mol. The highest BCUT2D eigenvalue weighted by Gasteiger charge is 2.19. The van der Waals surface area contributed by atoms with Crippen molar-refractivity contribution in [2.75, 3.05) is 13.1 Å². The van der Waals surface area contributed by atoms with Crippen LogP contribution in [0.1, 0.15) is 18.5 Å². The molecule has 0 aliphatic carbocycles. The minimum atomic E-state index is 0.183. The molecule has 1 aliphatic heterocycles. The summed E-state index contributed by atoms with van der Waals surface area (Å²) in [5.41, 5.74) is 1.11. The minimum Gasteiger partial charge on any atom is -0.300 e. The van der Waals surface area contributed by atoms with Crippen LogP contribution in [0.2, 0.25) is 0 Å². The molecule has 1 unspecified atom stereocenters. The van der Waals surface area contributed by atoms with E-state index in [0.717, 1.165) is 38.2 Å². The van der Waals surface area contributed by atoms with Gasteiger partial charge in [0, 0.05) is 19.3 Å². The number of hydrogen-bond donors (Lipinski definition) is 1. The largest absolute Gasteiger partial charge is 0.300 e. The maximum atomic E-state index is 5.22. The Balaban J connectivity index is 1.89. The van der Waals surface area contributed by atoms with Gasteiger partial charge in [0.2, 0.25) is 0 Å². The van der Waals surface area contributed by atoms with Gasteiger partial charge in [-0.3, -0.25) is 14.7 Å². The van der Waals surface area contributed by atoms with Crippen molar-refractivity contribution in [1.29, 1.82) is 0 Å². The van der Waals surface area contributed by atoms with Gasteiger partial charge >= 0.3 is 0 Å². The monoisotopic (exact) mass is 207 g/mol. The van der Waals surface area contributed by atoms with E-state index < -0.39 is 0 Å². The topological polar surface area (TPSA) is 51.4 Å². The molecule has 1 aromatic heterocycles. The van der Waals surface area contributed by atoms with E-state index in [-0.39, 0.29) is 6.10 Å². The number of pyridine rings is 1. The third-order valence-corrected chi connectivity index (χ3v) is 2.77. The molecular weight excluding hydrogens is 190 g/mol. The number of piperidine rings is 1. The van der Waals surface area contributed by atoms with Gasteiger partial charge in [-0.1, -0.05) is 6.07 Å². The molecule has 4 nitrogen and oxygen atoms in total. The van der Waals surface area contributed by atoms with Crippen LogP contribution in [0, 0.1) is 0 Å². The molecule has 1 aromatic rings. The molecule has 4 heteroatoms. The van der Waals surface area contributed by atoms with Gasteiger partial charge < -0.3 is 0 Å². The van der Waals surface area contributed by atoms with Gasteiger partial charge in [0.15, 0.2) is 0 Å². The molecule has 2 heterocycles. The quantitative estimate of drug-likeness (QED) is 0.749. The van der Waals surface area contributed by atoms with Crippen LogP contribution in [-0.2, 0) is 11.4 Å². The lowest BCUT2D eigenvalue weighted by Gasteiger charge is -2.30. The van der Waals surface area contributed by atoms with Crippen molar-refractivity contribution in [2.24, 2.45) is 5.90 Å². The Bertz CT molecular complexity index is 291. The van der Waals surface area contributed by atoms with Crippen LogP contribution in [-0.4, -0.2) is 29.1 Å². The highest BCUT2D eigenvalue weighted by molar-refractivity contribution is 5.03. The number of nitrogens with zero attached hydrogens (tertiary/aromatic N) is 2. The smallest absolute Gasteiger partial charge is 0.0914 e. The third kappa shape index (κ3) is 2.99. The molecule has 1 saturated heterocycles. The third-order valence-electron chi connectivity index (χ3n) is 2.77. The molecule has 0 amide bonds. The van der Waals surface area contributed by atoms with Crippen molar-refractivity contribution in [3.63, 3.8) is 0 Å². The van der Waals surface area contributed by atoms with Crippen molar-refractivity contribution >= 4 is 0 Å². The lowest BCUT2D eigenvalue weighted by molar-refractivity contribution is -0.00397. The van der Waals surface area contributed by atoms with Crippen molar-refractivity contribution < 1.29 is 4.84 Å². The van der Waals surface area contributed by atoms with Crippen molar-refractivity contribution in [1.82, 2.24) is 9.88 Å². The first-order valence-electron chi connectivity index (χ1n) is 5.36. The first-order chi connectivity index (χ1) is 7.38. The molecule has 0 spiro atoms. The van der Waals surface area contributed by atoms with Crippen LogP contribution in [0.4, 0.5) is 0 Å². The maximum Gasteiger partial charge on any atom is 0.0914 e. The Labute approximate surface area is 90.0 Å². The average Bonchev–Trinajstić information content (AvgIpc) is 2.31. The summed E-state index contributed by atoms with van der Waals surface area (Å²) in [4.78, 5) is 11.5. The van der Waals surface area contributed by atoms with E-state index in [2.05, 4.69) is 9.88 Å². The van der Waals surface area contributed by atoms with Crippen molar-refractivity contribution in [3.05, 3.63) is 30.1 Å². The average molecular weight is 207 g/mol. The van der Waals surface area contributed by atoms with E-state index in [1.165, 1.54) is 0 Å². The summed E-state index contributed by atoms with van der Waals surface area (Å²) in [5, 5.41) is 0. The molecule has 1 atom stereocenters. The standard InChI is InChI=1S/C11H17N3O/c12-15-11-5-3-7-14(9-11)8-10-4-1-2-6-13-10/h1-2,4,6,11H,3,5,7-9,12H2. The first kappa shape index (κ1) is 10.5. The van der Waals surface area contributed by atoms with E-state index in [9.17, 15) is 0 Å². The number of rotatable bonds is 3. The van der Waals surface area contributed by atoms with E-state index >= 15 is 0 Å². The number of likely N-dealkylation sites (tertiary alicyclic amines) is 1. The fourth-order valence-electron chi connectivity index (χ4n) is 1.99. The molecule has 2 N–H and O–H groups in total. The summed E-state index contributed by atoms with van der Waals surface area (Å²) in [5.74, 6) is 5.22. The van der Waals surface area contributed by atoms with Gasteiger partial charge in [-0.15, -0.1) is 0 Å². The first-order valence-corrected chi connectivity index (χ1v) is 5.36. The van der Waals surface area contributed by atoms with Gasteiger partial charge in [-0.05, 0) is 31.5 Å². The fraction of sp³-hybridized carbons (Fsp3) is 0.545. The highest BCUT2D eigenvalue weighted by atomic mass is 16.6. The van der Waals surface area contributed by atoms with Crippen LogP contribution >= 0.6 is 0 Å². The summed E-state index contributed by atoms with van der Waals surface area (Å²) in [6.07, 6.45) is 4.22. The summed E-state index contributed by atoms with van der Waals surface area (Å²) in [7, 11) is 0. The highest BCUT2D eigenvalue weighted by Crippen LogP contribution is 2.13. The van der Waals surface area contributed by atoms with Crippen molar-refractivity contribution in [3.8, 4) is 0 Å². The summed E-state index contributed by atoms with van der Waals surface area (Å²) in [6.45, 7) is 2.91. The zero-order chi connectivity index (χ0) is 10.5. The lowest BCUT2D eigenvalue weighted by Crippen LogP contribution is -2.40.